The largest absolute Gasteiger partial charge is 0.390 e. The van der Waals surface area contributed by atoms with Crippen LogP contribution in [-0.4, -0.2) is 15.8 Å². The molecule has 2 nitrogen and oxygen atoms in total. The predicted molar refractivity (Wildman–Crippen MR) is 84.5 cm³/mol. The summed E-state index contributed by atoms with van der Waals surface area (Å²) in [5, 5.41) is 20.9. The van der Waals surface area contributed by atoms with E-state index in [1.165, 1.54) is 0 Å². The molecule has 1 unspecified atom stereocenters. The van der Waals surface area contributed by atoms with Crippen molar-refractivity contribution in [2.45, 2.75) is 64.1 Å². The molecule has 112 valence electrons. The highest BCUT2D eigenvalue weighted by Crippen LogP contribution is 2.30. The van der Waals surface area contributed by atoms with Crippen molar-refractivity contribution in [1.29, 1.82) is 0 Å². The van der Waals surface area contributed by atoms with Gasteiger partial charge in [-0.15, -0.1) is 0 Å². The molecule has 0 aromatic heterocycles. The predicted octanol–water partition coefficient (Wildman–Crippen LogP) is 4.17. The fourth-order valence-corrected chi connectivity index (χ4v) is 2.42. The van der Waals surface area contributed by atoms with Gasteiger partial charge in [-0.1, -0.05) is 56.3 Å². The Morgan fingerprint density at radius 3 is 2.15 bits per heavy atom. The SMILES string of the molecule is C=C(CCC(C)(O)c1ccccc1)CC(O)(CC)CC. The maximum atomic E-state index is 10.5. The Balaban J connectivity index is 2.56. The first kappa shape index (κ1) is 16.9. The fraction of sp³-hybridized carbons (Fsp3) is 0.556. The molecule has 1 rings (SSSR count). The quantitative estimate of drug-likeness (QED) is 0.700. The summed E-state index contributed by atoms with van der Waals surface area (Å²) in [6.45, 7) is 9.89. The number of benzene rings is 1. The minimum atomic E-state index is -0.846. The molecule has 0 heterocycles. The molecule has 0 amide bonds. The maximum Gasteiger partial charge on any atom is 0.0871 e. The van der Waals surface area contributed by atoms with Crippen LogP contribution in [0.2, 0.25) is 0 Å². The van der Waals surface area contributed by atoms with Crippen molar-refractivity contribution < 1.29 is 10.2 Å². The highest BCUT2D eigenvalue weighted by Gasteiger charge is 2.26. The van der Waals surface area contributed by atoms with Gasteiger partial charge in [0.05, 0.1) is 11.2 Å². The average Bonchev–Trinajstić information content (AvgIpc) is 2.46. The molecule has 0 saturated heterocycles. The van der Waals surface area contributed by atoms with Crippen molar-refractivity contribution in [2.75, 3.05) is 0 Å². The fourth-order valence-electron chi connectivity index (χ4n) is 2.42. The van der Waals surface area contributed by atoms with E-state index in [0.717, 1.165) is 30.4 Å². The molecular weight excluding hydrogens is 248 g/mol. The van der Waals surface area contributed by atoms with Gasteiger partial charge < -0.3 is 10.2 Å². The lowest BCUT2D eigenvalue weighted by atomic mass is 9.85. The molecule has 0 aliphatic carbocycles. The second-order valence-corrected chi connectivity index (χ2v) is 6.00. The zero-order valence-electron chi connectivity index (χ0n) is 13.0. The summed E-state index contributed by atoms with van der Waals surface area (Å²) in [5.74, 6) is 0. The summed E-state index contributed by atoms with van der Waals surface area (Å²) in [6, 6.07) is 9.70. The zero-order chi connectivity index (χ0) is 15.2. The van der Waals surface area contributed by atoms with Crippen LogP contribution in [0.15, 0.2) is 42.5 Å². The molecule has 1 atom stereocenters. The van der Waals surface area contributed by atoms with Gasteiger partial charge in [-0.25, -0.2) is 0 Å². The molecule has 0 aliphatic rings. The third kappa shape index (κ3) is 4.77. The van der Waals surface area contributed by atoms with Gasteiger partial charge in [0.25, 0.3) is 0 Å². The van der Waals surface area contributed by atoms with E-state index in [4.69, 9.17) is 0 Å². The van der Waals surface area contributed by atoms with E-state index in [-0.39, 0.29) is 0 Å². The van der Waals surface area contributed by atoms with Gasteiger partial charge in [-0.2, -0.15) is 0 Å². The Bertz CT molecular complexity index is 416. The van der Waals surface area contributed by atoms with Crippen LogP contribution in [0, 0.1) is 0 Å². The van der Waals surface area contributed by atoms with Crippen LogP contribution in [0.1, 0.15) is 58.4 Å². The second-order valence-electron chi connectivity index (χ2n) is 6.00. The van der Waals surface area contributed by atoms with E-state index in [9.17, 15) is 10.2 Å². The lowest BCUT2D eigenvalue weighted by molar-refractivity contribution is 0.0273. The van der Waals surface area contributed by atoms with Crippen molar-refractivity contribution in [3.8, 4) is 0 Å². The Morgan fingerprint density at radius 1 is 1.10 bits per heavy atom. The summed E-state index contributed by atoms with van der Waals surface area (Å²) in [7, 11) is 0. The van der Waals surface area contributed by atoms with Crippen LogP contribution >= 0.6 is 0 Å². The van der Waals surface area contributed by atoms with Gasteiger partial charge >= 0.3 is 0 Å². The molecule has 1 aromatic rings. The van der Waals surface area contributed by atoms with Gasteiger partial charge in [-0.05, 0) is 44.6 Å². The number of hydrogen-bond acceptors (Lipinski definition) is 2. The monoisotopic (exact) mass is 276 g/mol. The van der Waals surface area contributed by atoms with E-state index in [1.54, 1.807) is 0 Å². The van der Waals surface area contributed by atoms with Gasteiger partial charge in [0.2, 0.25) is 0 Å². The first-order valence-electron chi connectivity index (χ1n) is 7.50. The van der Waals surface area contributed by atoms with E-state index in [0.29, 0.717) is 12.8 Å². The topological polar surface area (TPSA) is 40.5 Å². The van der Waals surface area contributed by atoms with Gasteiger partial charge in [0.1, 0.15) is 0 Å². The summed E-state index contributed by atoms with van der Waals surface area (Å²) in [5.41, 5.74) is 0.442. The van der Waals surface area contributed by atoms with Crippen molar-refractivity contribution in [2.24, 2.45) is 0 Å². The third-order valence-corrected chi connectivity index (χ3v) is 4.26. The first-order valence-corrected chi connectivity index (χ1v) is 7.50. The third-order valence-electron chi connectivity index (χ3n) is 4.26. The van der Waals surface area contributed by atoms with Crippen LogP contribution in [-0.2, 0) is 5.60 Å². The van der Waals surface area contributed by atoms with Crippen molar-refractivity contribution >= 4 is 0 Å². The van der Waals surface area contributed by atoms with Crippen molar-refractivity contribution in [1.82, 2.24) is 0 Å². The minimum absolute atomic E-state index is 0.616. The van der Waals surface area contributed by atoms with Crippen LogP contribution in [0.5, 0.6) is 0 Å². The molecule has 0 saturated carbocycles. The minimum Gasteiger partial charge on any atom is -0.390 e. The van der Waals surface area contributed by atoms with Crippen LogP contribution < -0.4 is 0 Å². The molecule has 0 fully saturated rings. The van der Waals surface area contributed by atoms with Crippen LogP contribution in [0.3, 0.4) is 0 Å². The number of aliphatic hydroxyl groups is 2. The number of rotatable bonds is 8. The highest BCUT2D eigenvalue weighted by molar-refractivity contribution is 5.21. The molecule has 2 N–H and O–H groups in total. The van der Waals surface area contributed by atoms with Gasteiger partial charge in [0, 0.05) is 0 Å². The lowest BCUT2D eigenvalue weighted by Gasteiger charge is -2.28. The zero-order valence-corrected chi connectivity index (χ0v) is 13.0. The first-order chi connectivity index (χ1) is 9.33. The molecule has 20 heavy (non-hydrogen) atoms. The molecular formula is C18H28O2. The highest BCUT2D eigenvalue weighted by atomic mass is 16.3. The molecule has 0 radical (unpaired) electrons. The lowest BCUT2D eigenvalue weighted by Crippen LogP contribution is -2.27. The molecule has 0 spiro atoms. The summed E-state index contributed by atoms with van der Waals surface area (Å²) in [6.07, 6.45) is 3.43. The summed E-state index contributed by atoms with van der Waals surface area (Å²) in [4.78, 5) is 0. The van der Waals surface area contributed by atoms with Crippen LogP contribution in [0.4, 0.5) is 0 Å². The van der Waals surface area contributed by atoms with Crippen LogP contribution in [0.25, 0.3) is 0 Å². The average molecular weight is 276 g/mol. The Labute approximate surface area is 123 Å². The summed E-state index contributed by atoms with van der Waals surface area (Å²) >= 11 is 0. The van der Waals surface area contributed by atoms with E-state index in [2.05, 4.69) is 6.58 Å². The van der Waals surface area contributed by atoms with Crippen molar-refractivity contribution in [3.05, 3.63) is 48.0 Å². The van der Waals surface area contributed by atoms with E-state index in [1.807, 2.05) is 51.1 Å². The van der Waals surface area contributed by atoms with Gasteiger partial charge in [0.15, 0.2) is 0 Å². The smallest absolute Gasteiger partial charge is 0.0871 e. The molecule has 2 heteroatoms. The van der Waals surface area contributed by atoms with Gasteiger partial charge in [-0.3, -0.25) is 0 Å². The standard InChI is InChI=1S/C18H28O2/c1-5-18(20,6-2)14-15(3)12-13-17(4,19)16-10-8-7-9-11-16/h7-11,19-20H,3,5-6,12-14H2,1-2,4H3. The maximum absolute atomic E-state index is 10.5. The van der Waals surface area contributed by atoms with E-state index < -0.39 is 11.2 Å². The number of hydrogen-bond donors (Lipinski definition) is 2. The molecule has 0 aliphatic heterocycles. The second kappa shape index (κ2) is 7.05. The Hall–Kier alpha value is -1.12. The normalized spacial score (nSPS) is 14.8. The molecule has 0 bridgehead atoms. The Morgan fingerprint density at radius 2 is 1.65 bits per heavy atom. The summed E-state index contributed by atoms with van der Waals surface area (Å²) < 4.78 is 0. The van der Waals surface area contributed by atoms with Crippen molar-refractivity contribution in [3.63, 3.8) is 0 Å². The molecule has 1 aromatic carbocycles. The Kier molecular flexibility index (Phi) is 5.97. The van der Waals surface area contributed by atoms with E-state index >= 15 is 0 Å².